The fraction of sp³-hybridized carbons (Fsp3) is 0.300. The van der Waals surface area contributed by atoms with Crippen LogP contribution >= 0.6 is 0 Å². The van der Waals surface area contributed by atoms with E-state index in [-0.39, 0.29) is 46.2 Å². The molecule has 1 aliphatic heterocycles. The zero-order valence-electron chi connectivity index (χ0n) is 23.5. The molecule has 3 heterocycles. The van der Waals surface area contributed by atoms with Gasteiger partial charge in [0.05, 0.1) is 30.3 Å². The van der Waals surface area contributed by atoms with Gasteiger partial charge in [0.15, 0.2) is 22.9 Å². The van der Waals surface area contributed by atoms with Gasteiger partial charge in [-0.15, -0.1) is 8.78 Å². The molecule has 4 aromatic rings. The summed E-state index contributed by atoms with van der Waals surface area (Å²) >= 11 is 0. The summed E-state index contributed by atoms with van der Waals surface area (Å²) in [5.74, 6) is -2.34. The standard InChI is InChI=1S/C30H23F6N3O6/c1-15(16-9-10-21-23(12-16)45-30(35,36)44-21)42-24-13-18(14-37-27(24)31)39-25-20(26(38-39)29(32,33)34)7-4-8-22(25)43-19-6-3-5-17(11-19)28(40)41-2/h3,5-6,9-15,22H,4,7-8H2,1-2H3/t15-,22-/m0/s1. The number of methoxy groups -OCH3 is 1. The van der Waals surface area contributed by atoms with E-state index in [9.17, 15) is 31.1 Å². The number of halogens is 6. The van der Waals surface area contributed by atoms with Gasteiger partial charge in [-0.2, -0.15) is 22.7 Å². The van der Waals surface area contributed by atoms with Crippen LogP contribution in [-0.4, -0.2) is 34.1 Å². The van der Waals surface area contributed by atoms with Gasteiger partial charge in [0, 0.05) is 11.6 Å². The maximum absolute atomic E-state index is 14.9. The van der Waals surface area contributed by atoms with Gasteiger partial charge in [-0.05, 0) is 62.1 Å². The molecule has 0 unspecified atom stereocenters. The van der Waals surface area contributed by atoms with Crippen LogP contribution in [0.4, 0.5) is 26.3 Å². The van der Waals surface area contributed by atoms with Crippen molar-refractivity contribution in [3.63, 3.8) is 0 Å². The molecule has 0 fully saturated rings. The molecule has 6 rings (SSSR count). The molecule has 0 radical (unpaired) electrons. The fourth-order valence-electron chi connectivity index (χ4n) is 5.25. The molecule has 45 heavy (non-hydrogen) atoms. The Hall–Kier alpha value is -4.95. The zero-order valence-corrected chi connectivity index (χ0v) is 23.5. The summed E-state index contributed by atoms with van der Waals surface area (Å²) in [6.07, 6.45) is -8.76. The SMILES string of the molecule is COC(=O)c1cccc(O[C@H]2CCCc3c(C(F)(F)F)nn(-c4cnc(F)c(O[C@@H](C)c5ccc6c(c5)OC(F)(F)O6)c4)c32)c1. The quantitative estimate of drug-likeness (QED) is 0.120. The number of carbonyl (C=O) groups is 1. The third-order valence-corrected chi connectivity index (χ3v) is 7.26. The predicted molar refractivity (Wildman–Crippen MR) is 142 cm³/mol. The summed E-state index contributed by atoms with van der Waals surface area (Å²) in [5, 5.41) is 3.86. The molecule has 0 saturated carbocycles. The molecule has 0 amide bonds. The number of hydrogen-bond acceptors (Lipinski definition) is 8. The lowest BCUT2D eigenvalue weighted by Crippen LogP contribution is -2.25. The minimum atomic E-state index is -4.81. The summed E-state index contributed by atoms with van der Waals surface area (Å²) in [5.41, 5.74) is -0.661. The molecule has 9 nitrogen and oxygen atoms in total. The molecule has 0 spiro atoms. The van der Waals surface area contributed by atoms with Gasteiger partial charge >= 0.3 is 18.4 Å². The Labute approximate surface area is 251 Å². The Morgan fingerprint density at radius 3 is 2.64 bits per heavy atom. The van der Waals surface area contributed by atoms with E-state index in [0.29, 0.717) is 18.4 Å². The highest BCUT2D eigenvalue weighted by Gasteiger charge is 2.44. The third-order valence-electron chi connectivity index (χ3n) is 7.26. The molecule has 0 bridgehead atoms. The Morgan fingerprint density at radius 1 is 1.11 bits per heavy atom. The van der Waals surface area contributed by atoms with Gasteiger partial charge in [-0.3, -0.25) is 0 Å². The van der Waals surface area contributed by atoms with Crippen LogP contribution < -0.4 is 18.9 Å². The minimum absolute atomic E-state index is 0.0468. The molecular formula is C30H23F6N3O6. The molecule has 2 atom stereocenters. The van der Waals surface area contributed by atoms with Gasteiger partial charge in [-0.1, -0.05) is 12.1 Å². The van der Waals surface area contributed by atoms with Gasteiger partial charge in [0.2, 0.25) is 0 Å². The average molecular weight is 636 g/mol. The minimum Gasteiger partial charge on any atom is -0.484 e. The number of aromatic nitrogens is 3. The highest BCUT2D eigenvalue weighted by atomic mass is 19.4. The number of benzene rings is 2. The first kappa shape index (κ1) is 30.1. The predicted octanol–water partition coefficient (Wildman–Crippen LogP) is 7.13. The highest BCUT2D eigenvalue weighted by molar-refractivity contribution is 5.89. The van der Waals surface area contributed by atoms with Gasteiger partial charge in [0.1, 0.15) is 18.0 Å². The van der Waals surface area contributed by atoms with E-state index in [1.54, 1.807) is 12.1 Å². The largest absolute Gasteiger partial charge is 0.586 e. The van der Waals surface area contributed by atoms with Crippen LogP contribution in [0.1, 0.15) is 64.8 Å². The van der Waals surface area contributed by atoms with Crippen LogP contribution in [0.2, 0.25) is 0 Å². The number of rotatable bonds is 7. The lowest BCUT2D eigenvalue weighted by Gasteiger charge is -2.26. The first-order valence-corrected chi connectivity index (χ1v) is 13.6. The molecule has 0 N–H and O–H groups in total. The van der Waals surface area contributed by atoms with E-state index < -0.39 is 48.0 Å². The van der Waals surface area contributed by atoms with Crippen LogP contribution in [0.25, 0.3) is 5.69 Å². The Balaban J connectivity index is 1.35. The first-order valence-electron chi connectivity index (χ1n) is 13.6. The van der Waals surface area contributed by atoms with Crippen molar-refractivity contribution in [1.29, 1.82) is 0 Å². The molecule has 2 aromatic heterocycles. The number of pyridine rings is 1. The monoisotopic (exact) mass is 635 g/mol. The summed E-state index contributed by atoms with van der Waals surface area (Å²) in [7, 11) is 1.21. The van der Waals surface area contributed by atoms with Gasteiger partial charge in [-0.25, -0.2) is 14.5 Å². The zero-order chi connectivity index (χ0) is 32.1. The van der Waals surface area contributed by atoms with Crippen molar-refractivity contribution in [2.45, 2.75) is 50.9 Å². The number of nitrogens with zero attached hydrogens (tertiary/aromatic N) is 3. The van der Waals surface area contributed by atoms with Crippen molar-refractivity contribution in [1.82, 2.24) is 14.8 Å². The molecular weight excluding hydrogens is 612 g/mol. The molecule has 15 heteroatoms. The summed E-state index contributed by atoms with van der Waals surface area (Å²) in [6.45, 7) is 1.51. The van der Waals surface area contributed by atoms with Gasteiger partial charge in [0.25, 0.3) is 5.95 Å². The number of hydrogen-bond donors (Lipinski definition) is 0. The van der Waals surface area contributed by atoms with Crippen molar-refractivity contribution in [2.24, 2.45) is 0 Å². The highest BCUT2D eigenvalue weighted by Crippen LogP contribution is 2.44. The first-order chi connectivity index (χ1) is 21.3. The fourth-order valence-corrected chi connectivity index (χ4v) is 5.25. The number of ether oxygens (including phenoxy) is 5. The average Bonchev–Trinajstić information content (AvgIpc) is 3.54. The van der Waals surface area contributed by atoms with E-state index in [0.717, 1.165) is 16.9 Å². The molecule has 2 aromatic carbocycles. The van der Waals surface area contributed by atoms with Crippen LogP contribution in [-0.2, 0) is 17.3 Å². The Kier molecular flexibility index (Phi) is 7.49. The van der Waals surface area contributed by atoms with E-state index in [2.05, 4.69) is 19.6 Å². The Bertz CT molecular complexity index is 1780. The van der Waals surface area contributed by atoms with Crippen molar-refractivity contribution in [3.8, 4) is 28.7 Å². The molecule has 236 valence electrons. The molecule has 2 aliphatic rings. The van der Waals surface area contributed by atoms with Crippen molar-refractivity contribution >= 4 is 5.97 Å². The summed E-state index contributed by atoms with van der Waals surface area (Å²) < 4.78 is 111. The second-order valence-corrected chi connectivity index (χ2v) is 10.3. The lowest BCUT2D eigenvalue weighted by molar-refractivity contribution is -0.286. The van der Waals surface area contributed by atoms with Crippen molar-refractivity contribution in [2.75, 3.05) is 7.11 Å². The summed E-state index contributed by atoms with van der Waals surface area (Å²) in [4.78, 5) is 15.7. The van der Waals surface area contributed by atoms with Crippen LogP contribution in [0.5, 0.6) is 23.0 Å². The second-order valence-electron chi connectivity index (χ2n) is 10.3. The second kappa shape index (κ2) is 11.2. The van der Waals surface area contributed by atoms with E-state index in [1.807, 2.05) is 0 Å². The van der Waals surface area contributed by atoms with Crippen LogP contribution in [0.3, 0.4) is 0 Å². The Morgan fingerprint density at radius 2 is 1.89 bits per heavy atom. The van der Waals surface area contributed by atoms with E-state index >= 15 is 0 Å². The summed E-state index contributed by atoms with van der Waals surface area (Å²) in [6, 6.07) is 11.0. The maximum Gasteiger partial charge on any atom is 0.586 e. The lowest BCUT2D eigenvalue weighted by atomic mass is 9.93. The number of carbonyl (C=O) groups excluding carboxylic acids is 1. The topological polar surface area (TPSA) is 93.9 Å². The molecule has 0 saturated heterocycles. The number of alkyl halides is 5. The number of esters is 1. The van der Waals surface area contributed by atoms with Crippen molar-refractivity contribution < 1.29 is 54.8 Å². The third kappa shape index (κ3) is 5.93. The van der Waals surface area contributed by atoms with Crippen molar-refractivity contribution in [3.05, 3.63) is 88.8 Å². The van der Waals surface area contributed by atoms with E-state index in [4.69, 9.17) is 14.2 Å². The molecule has 1 aliphatic carbocycles. The number of fused-ring (bicyclic) bond motifs is 2. The van der Waals surface area contributed by atoms with Gasteiger partial charge < -0.3 is 23.7 Å². The van der Waals surface area contributed by atoms with Crippen LogP contribution in [0.15, 0.2) is 54.7 Å². The smallest absolute Gasteiger partial charge is 0.484 e. The maximum atomic E-state index is 14.9. The van der Waals surface area contributed by atoms with Crippen LogP contribution in [0, 0.1) is 5.95 Å². The normalized spacial score (nSPS) is 17.4. The van der Waals surface area contributed by atoms with E-state index in [1.165, 1.54) is 44.4 Å².